The third kappa shape index (κ3) is 1.94. The first-order chi connectivity index (χ1) is 9.16. The van der Waals surface area contributed by atoms with Crippen molar-refractivity contribution in [2.24, 2.45) is 0 Å². The number of hydrogen-bond acceptors (Lipinski definition) is 3. The van der Waals surface area contributed by atoms with Crippen LogP contribution in [0.4, 0.5) is 0 Å². The molecule has 0 fully saturated rings. The highest BCUT2D eigenvalue weighted by Crippen LogP contribution is 2.23. The minimum absolute atomic E-state index is 0.0275. The van der Waals surface area contributed by atoms with E-state index in [1.54, 1.807) is 6.07 Å². The number of rotatable bonds is 2. The van der Waals surface area contributed by atoms with E-state index in [1.165, 1.54) is 10.7 Å². The Morgan fingerprint density at radius 3 is 2.68 bits per heavy atom. The van der Waals surface area contributed by atoms with Gasteiger partial charge in [-0.3, -0.25) is 0 Å². The maximum atomic E-state index is 11.1. The average Bonchev–Trinajstić information content (AvgIpc) is 2.84. The van der Waals surface area contributed by atoms with Crippen LogP contribution in [0.2, 0.25) is 5.15 Å². The number of carboxylic acids is 1. The van der Waals surface area contributed by atoms with Crippen molar-refractivity contribution < 1.29 is 9.90 Å². The van der Waals surface area contributed by atoms with Crippen LogP contribution in [0.25, 0.3) is 16.9 Å². The maximum Gasteiger partial charge on any atom is 0.341 e. The first kappa shape index (κ1) is 11.7. The summed E-state index contributed by atoms with van der Waals surface area (Å²) in [6, 6.07) is 11.1. The van der Waals surface area contributed by atoms with Gasteiger partial charge in [0, 0.05) is 11.6 Å². The summed E-state index contributed by atoms with van der Waals surface area (Å²) in [4.78, 5) is 15.4. The second-order valence-corrected chi connectivity index (χ2v) is 4.32. The van der Waals surface area contributed by atoms with E-state index in [0.29, 0.717) is 10.8 Å². The first-order valence-electron chi connectivity index (χ1n) is 5.50. The van der Waals surface area contributed by atoms with Crippen LogP contribution >= 0.6 is 11.6 Å². The quantitative estimate of drug-likeness (QED) is 0.729. The van der Waals surface area contributed by atoms with Crippen molar-refractivity contribution in [1.82, 2.24) is 14.6 Å². The lowest BCUT2D eigenvalue weighted by Crippen LogP contribution is -1.99. The number of hydrogen-bond donors (Lipinski definition) is 1. The zero-order valence-corrected chi connectivity index (χ0v) is 10.4. The molecule has 0 radical (unpaired) electrons. The molecule has 0 aliphatic rings. The minimum Gasteiger partial charge on any atom is -0.477 e. The van der Waals surface area contributed by atoms with Gasteiger partial charge in [0.2, 0.25) is 0 Å². The highest BCUT2D eigenvalue weighted by Gasteiger charge is 2.15. The summed E-state index contributed by atoms with van der Waals surface area (Å²) < 4.78 is 1.30. The van der Waals surface area contributed by atoms with Crippen LogP contribution in [0.3, 0.4) is 0 Å². The van der Waals surface area contributed by atoms with Crippen LogP contribution in [-0.2, 0) is 0 Å². The molecular weight excluding hydrogens is 266 g/mol. The number of carboxylic acid groups (broad SMARTS) is 1. The van der Waals surface area contributed by atoms with E-state index in [0.717, 1.165) is 5.56 Å². The molecule has 0 spiro atoms. The van der Waals surface area contributed by atoms with Gasteiger partial charge in [-0.25, -0.2) is 14.3 Å². The normalized spacial score (nSPS) is 10.8. The second kappa shape index (κ2) is 4.37. The highest BCUT2D eigenvalue weighted by atomic mass is 35.5. The molecule has 0 amide bonds. The molecular formula is C13H8ClN3O2. The summed E-state index contributed by atoms with van der Waals surface area (Å²) >= 11 is 6.10. The number of nitrogens with zero attached hydrogens (tertiary/aromatic N) is 3. The van der Waals surface area contributed by atoms with Crippen LogP contribution in [-0.4, -0.2) is 25.7 Å². The minimum atomic E-state index is -1.08. The van der Waals surface area contributed by atoms with Crippen LogP contribution in [0.5, 0.6) is 0 Å². The van der Waals surface area contributed by atoms with E-state index in [2.05, 4.69) is 10.1 Å². The molecule has 0 atom stereocenters. The smallest absolute Gasteiger partial charge is 0.341 e. The van der Waals surface area contributed by atoms with Crippen LogP contribution in [0.15, 0.2) is 42.6 Å². The van der Waals surface area contributed by atoms with E-state index in [4.69, 9.17) is 16.7 Å². The Balaban J connectivity index is 2.28. The fourth-order valence-corrected chi connectivity index (χ4v) is 2.06. The lowest BCUT2D eigenvalue weighted by Gasteiger charge is -2.03. The predicted molar refractivity (Wildman–Crippen MR) is 70.4 cm³/mol. The molecule has 0 bridgehead atoms. The fraction of sp³-hybridized carbons (Fsp3) is 0. The standard InChI is InChI=1S/C13H8ClN3O2/c14-11-6-10(8-4-2-1-3-5-8)16-12-9(13(18)19)7-15-17(11)12/h1-7H,(H,18,19). The zero-order chi connectivity index (χ0) is 13.4. The summed E-state index contributed by atoms with van der Waals surface area (Å²) in [5.41, 5.74) is 1.74. The molecule has 3 rings (SSSR count). The van der Waals surface area contributed by atoms with Crippen molar-refractivity contribution in [3.8, 4) is 11.3 Å². The number of halogens is 1. The molecule has 94 valence electrons. The van der Waals surface area contributed by atoms with E-state index < -0.39 is 5.97 Å². The summed E-state index contributed by atoms with van der Waals surface area (Å²) in [5.74, 6) is -1.08. The molecule has 6 heteroatoms. The number of aromatic nitrogens is 3. The zero-order valence-electron chi connectivity index (χ0n) is 9.62. The third-order valence-corrected chi connectivity index (χ3v) is 3.00. The van der Waals surface area contributed by atoms with Crippen molar-refractivity contribution in [2.45, 2.75) is 0 Å². The molecule has 5 nitrogen and oxygen atoms in total. The predicted octanol–water partition coefficient (Wildman–Crippen LogP) is 2.75. The van der Waals surface area contributed by atoms with Crippen molar-refractivity contribution in [3.05, 3.63) is 53.3 Å². The van der Waals surface area contributed by atoms with Gasteiger partial charge in [-0.15, -0.1) is 0 Å². The number of carbonyl (C=O) groups is 1. The Labute approximate surface area is 113 Å². The van der Waals surface area contributed by atoms with E-state index in [9.17, 15) is 4.79 Å². The largest absolute Gasteiger partial charge is 0.477 e. The molecule has 0 saturated heterocycles. The number of benzene rings is 1. The average molecular weight is 274 g/mol. The summed E-state index contributed by atoms with van der Waals surface area (Å²) in [6.45, 7) is 0. The van der Waals surface area contributed by atoms with Gasteiger partial charge < -0.3 is 5.11 Å². The molecule has 19 heavy (non-hydrogen) atoms. The van der Waals surface area contributed by atoms with Gasteiger partial charge in [0.1, 0.15) is 10.7 Å². The second-order valence-electron chi connectivity index (χ2n) is 3.93. The van der Waals surface area contributed by atoms with Crippen molar-refractivity contribution in [3.63, 3.8) is 0 Å². The third-order valence-electron chi connectivity index (χ3n) is 2.73. The molecule has 0 saturated carbocycles. The lowest BCUT2D eigenvalue weighted by molar-refractivity contribution is 0.0699. The van der Waals surface area contributed by atoms with Crippen molar-refractivity contribution in [1.29, 1.82) is 0 Å². The Bertz CT molecular complexity index is 768. The van der Waals surface area contributed by atoms with Gasteiger partial charge in [0.25, 0.3) is 0 Å². The Kier molecular flexibility index (Phi) is 2.68. The van der Waals surface area contributed by atoms with Gasteiger partial charge in [-0.2, -0.15) is 5.10 Å². The van der Waals surface area contributed by atoms with Gasteiger partial charge in [0.15, 0.2) is 5.65 Å². The van der Waals surface area contributed by atoms with Gasteiger partial charge in [-0.05, 0) is 0 Å². The Morgan fingerprint density at radius 2 is 2.00 bits per heavy atom. The Morgan fingerprint density at radius 1 is 1.26 bits per heavy atom. The van der Waals surface area contributed by atoms with E-state index >= 15 is 0 Å². The molecule has 2 aromatic heterocycles. The number of aromatic carboxylic acids is 1. The monoisotopic (exact) mass is 273 g/mol. The Hall–Kier alpha value is -2.40. The molecule has 1 N–H and O–H groups in total. The number of fused-ring (bicyclic) bond motifs is 1. The molecule has 3 aromatic rings. The van der Waals surface area contributed by atoms with Crippen molar-refractivity contribution >= 4 is 23.2 Å². The van der Waals surface area contributed by atoms with Crippen LogP contribution in [0, 0.1) is 0 Å². The topological polar surface area (TPSA) is 67.5 Å². The molecule has 0 aliphatic heterocycles. The van der Waals surface area contributed by atoms with Crippen molar-refractivity contribution in [2.75, 3.05) is 0 Å². The van der Waals surface area contributed by atoms with E-state index in [-0.39, 0.29) is 11.2 Å². The summed E-state index contributed by atoms with van der Waals surface area (Å²) in [7, 11) is 0. The highest BCUT2D eigenvalue weighted by molar-refractivity contribution is 6.30. The molecule has 1 aromatic carbocycles. The molecule has 2 heterocycles. The summed E-state index contributed by atoms with van der Waals surface area (Å²) in [5, 5.41) is 13.3. The first-order valence-corrected chi connectivity index (χ1v) is 5.87. The van der Waals surface area contributed by atoms with Crippen LogP contribution in [0.1, 0.15) is 10.4 Å². The van der Waals surface area contributed by atoms with Gasteiger partial charge >= 0.3 is 5.97 Å². The van der Waals surface area contributed by atoms with E-state index in [1.807, 2.05) is 30.3 Å². The van der Waals surface area contributed by atoms with Gasteiger partial charge in [-0.1, -0.05) is 41.9 Å². The molecule has 0 unspecified atom stereocenters. The lowest BCUT2D eigenvalue weighted by atomic mass is 10.1. The van der Waals surface area contributed by atoms with Crippen LogP contribution < -0.4 is 0 Å². The maximum absolute atomic E-state index is 11.1. The fourth-order valence-electron chi connectivity index (χ4n) is 1.83. The summed E-state index contributed by atoms with van der Waals surface area (Å²) in [6.07, 6.45) is 1.24. The van der Waals surface area contributed by atoms with Gasteiger partial charge in [0.05, 0.1) is 11.9 Å². The SMILES string of the molecule is O=C(O)c1cnn2c(Cl)cc(-c3ccccc3)nc12. The molecule has 0 aliphatic carbocycles.